The van der Waals surface area contributed by atoms with Gasteiger partial charge >= 0.3 is 0 Å². The Balaban J connectivity index is 2.22. The second-order valence-electron chi connectivity index (χ2n) is 5.90. The van der Waals surface area contributed by atoms with Gasteiger partial charge in [0.15, 0.2) is 0 Å². The lowest BCUT2D eigenvalue weighted by Gasteiger charge is -2.21. The van der Waals surface area contributed by atoms with Gasteiger partial charge in [-0.1, -0.05) is 57.2 Å². The van der Waals surface area contributed by atoms with Crippen molar-refractivity contribution in [3.05, 3.63) is 54.1 Å². The van der Waals surface area contributed by atoms with Crippen LogP contribution in [-0.4, -0.2) is 9.97 Å². The summed E-state index contributed by atoms with van der Waals surface area (Å²) in [5, 5.41) is 0. The molecule has 2 heteroatoms. The molecular formula is C17H18N2. The first kappa shape index (κ1) is 12.0. The molecule has 0 bridgehead atoms. The second-order valence-corrected chi connectivity index (χ2v) is 5.90. The molecule has 0 atom stereocenters. The molecule has 1 N–H and O–H groups in total. The fourth-order valence-electron chi connectivity index (χ4n) is 2.42. The molecule has 2 nitrogen and oxygen atoms in total. The van der Waals surface area contributed by atoms with Crippen LogP contribution in [0.4, 0.5) is 0 Å². The van der Waals surface area contributed by atoms with Gasteiger partial charge in [-0.25, -0.2) is 4.98 Å². The first-order chi connectivity index (χ1) is 9.05. The zero-order valence-corrected chi connectivity index (χ0v) is 11.6. The van der Waals surface area contributed by atoms with Crippen LogP contribution in [0, 0.1) is 0 Å². The number of H-pyrrole nitrogens is 1. The number of para-hydroxylation sites is 2. The molecule has 1 heterocycles. The summed E-state index contributed by atoms with van der Waals surface area (Å²) in [7, 11) is 0. The summed E-state index contributed by atoms with van der Waals surface area (Å²) in [6.07, 6.45) is 0. The zero-order valence-electron chi connectivity index (χ0n) is 11.6. The molecule has 3 rings (SSSR count). The highest BCUT2D eigenvalue weighted by atomic mass is 14.9. The van der Waals surface area contributed by atoms with Crippen molar-refractivity contribution in [3.8, 4) is 11.4 Å². The lowest BCUT2D eigenvalue weighted by atomic mass is 9.83. The van der Waals surface area contributed by atoms with Crippen molar-refractivity contribution in [1.82, 2.24) is 9.97 Å². The zero-order chi connectivity index (χ0) is 13.5. The molecule has 0 saturated carbocycles. The molecule has 0 unspecified atom stereocenters. The highest BCUT2D eigenvalue weighted by molar-refractivity contribution is 5.80. The Hall–Kier alpha value is -2.09. The van der Waals surface area contributed by atoms with Crippen molar-refractivity contribution < 1.29 is 0 Å². The van der Waals surface area contributed by atoms with Gasteiger partial charge in [0.1, 0.15) is 5.82 Å². The normalized spacial score (nSPS) is 11.9. The minimum Gasteiger partial charge on any atom is -0.338 e. The summed E-state index contributed by atoms with van der Waals surface area (Å²) < 4.78 is 0. The highest BCUT2D eigenvalue weighted by Crippen LogP contribution is 2.32. The third-order valence-corrected chi connectivity index (χ3v) is 3.38. The van der Waals surface area contributed by atoms with Gasteiger partial charge in [0.05, 0.1) is 11.0 Å². The van der Waals surface area contributed by atoms with Crippen LogP contribution in [0.15, 0.2) is 48.5 Å². The van der Waals surface area contributed by atoms with Crippen molar-refractivity contribution >= 4 is 11.0 Å². The van der Waals surface area contributed by atoms with E-state index >= 15 is 0 Å². The summed E-state index contributed by atoms with van der Waals surface area (Å²) >= 11 is 0. The van der Waals surface area contributed by atoms with Crippen molar-refractivity contribution in [1.29, 1.82) is 0 Å². The molecule has 0 spiro atoms. The average Bonchev–Trinajstić information content (AvgIpc) is 2.81. The van der Waals surface area contributed by atoms with E-state index in [-0.39, 0.29) is 5.41 Å². The monoisotopic (exact) mass is 250 g/mol. The fraction of sp³-hybridized carbons (Fsp3) is 0.235. The largest absolute Gasteiger partial charge is 0.338 e. The SMILES string of the molecule is CC(C)(C)c1ccccc1-c1nc2ccccc2[nH]1. The van der Waals surface area contributed by atoms with Gasteiger partial charge in [0.2, 0.25) is 0 Å². The van der Waals surface area contributed by atoms with Gasteiger partial charge in [-0.3, -0.25) is 0 Å². The van der Waals surface area contributed by atoms with Crippen LogP contribution in [-0.2, 0) is 5.41 Å². The molecule has 0 aliphatic carbocycles. The number of rotatable bonds is 1. The lowest BCUT2D eigenvalue weighted by Crippen LogP contribution is -2.12. The standard InChI is InChI=1S/C17H18N2/c1-17(2,3)13-9-5-4-8-12(13)16-18-14-10-6-7-11-15(14)19-16/h4-11H,1-3H3,(H,18,19). The van der Waals surface area contributed by atoms with Crippen LogP contribution in [0.25, 0.3) is 22.4 Å². The Labute approximate surface area is 113 Å². The van der Waals surface area contributed by atoms with Gasteiger partial charge in [0, 0.05) is 5.56 Å². The average molecular weight is 250 g/mol. The van der Waals surface area contributed by atoms with Crippen molar-refractivity contribution in [2.75, 3.05) is 0 Å². The number of nitrogens with one attached hydrogen (secondary N) is 1. The highest BCUT2D eigenvalue weighted by Gasteiger charge is 2.19. The Morgan fingerprint density at radius 3 is 2.32 bits per heavy atom. The van der Waals surface area contributed by atoms with Gasteiger partial charge < -0.3 is 4.98 Å². The second kappa shape index (κ2) is 4.23. The van der Waals surface area contributed by atoms with E-state index in [1.807, 2.05) is 18.2 Å². The Morgan fingerprint density at radius 1 is 0.895 bits per heavy atom. The van der Waals surface area contributed by atoms with Crippen LogP contribution < -0.4 is 0 Å². The number of hydrogen-bond donors (Lipinski definition) is 1. The predicted octanol–water partition coefficient (Wildman–Crippen LogP) is 4.53. The molecule has 0 amide bonds. The maximum absolute atomic E-state index is 4.70. The number of imidazole rings is 1. The first-order valence-electron chi connectivity index (χ1n) is 6.60. The van der Waals surface area contributed by atoms with Gasteiger partial charge in [-0.2, -0.15) is 0 Å². The van der Waals surface area contributed by atoms with Crippen molar-refractivity contribution in [3.63, 3.8) is 0 Å². The van der Waals surface area contributed by atoms with E-state index in [0.717, 1.165) is 16.9 Å². The van der Waals surface area contributed by atoms with Gasteiger partial charge in [-0.15, -0.1) is 0 Å². The minimum absolute atomic E-state index is 0.107. The van der Waals surface area contributed by atoms with E-state index < -0.39 is 0 Å². The number of nitrogens with zero attached hydrogens (tertiary/aromatic N) is 1. The van der Waals surface area contributed by atoms with Crippen LogP contribution in [0.3, 0.4) is 0 Å². The molecule has 0 radical (unpaired) electrons. The summed E-state index contributed by atoms with van der Waals surface area (Å²) in [6.45, 7) is 6.69. The predicted molar refractivity (Wildman–Crippen MR) is 80.2 cm³/mol. The number of hydrogen-bond acceptors (Lipinski definition) is 1. The molecule has 2 aromatic carbocycles. The topological polar surface area (TPSA) is 28.7 Å². The molecule has 0 aliphatic rings. The quantitative estimate of drug-likeness (QED) is 0.675. The molecule has 0 aliphatic heterocycles. The van der Waals surface area contributed by atoms with Crippen LogP contribution in [0.2, 0.25) is 0 Å². The Morgan fingerprint density at radius 2 is 1.58 bits per heavy atom. The number of aromatic nitrogens is 2. The maximum Gasteiger partial charge on any atom is 0.138 e. The molecule has 96 valence electrons. The van der Waals surface area contributed by atoms with E-state index in [0.29, 0.717) is 0 Å². The molecule has 19 heavy (non-hydrogen) atoms. The van der Waals surface area contributed by atoms with Gasteiger partial charge in [0.25, 0.3) is 0 Å². The van der Waals surface area contributed by atoms with E-state index in [4.69, 9.17) is 4.98 Å². The van der Waals surface area contributed by atoms with Gasteiger partial charge in [-0.05, 0) is 23.1 Å². The summed E-state index contributed by atoms with van der Waals surface area (Å²) in [5.41, 5.74) is 4.71. The van der Waals surface area contributed by atoms with Crippen molar-refractivity contribution in [2.45, 2.75) is 26.2 Å². The first-order valence-corrected chi connectivity index (χ1v) is 6.60. The van der Waals surface area contributed by atoms with Crippen LogP contribution >= 0.6 is 0 Å². The Bertz CT molecular complexity index is 684. The van der Waals surface area contributed by atoms with E-state index in [1.54, 1.807) is 0 Å². The summed E-state index contributed by atoms with van der Waals surface area (Å²) in [5.74, 6) is 0.951. The summed E-state index contributed by atoms with van der Waals surface area (Å²) in [6, 6.07) is 16.6. The van der Waals surface area contributed by atoms with Crippen molar-refractivity contribution in [2.24, 2.45) is 0 Å². The fourth-order valence-corrected chi connectivity index (χ4v) is 2.42. The van der Waals surface area contributed by atoms with E-state index in [2.05, 4.69) is 56.1 Å². The third-order valence-electron chi connectivity index (χ3n) is 3.38. The molecule has 3 aromatic rings. The number of fused-ring (bicyclic) bond motifs is 1. The molecule has 0 saturated heterocycles. The maximum atomic E-state index is 4.70. The van der Waals surface area contributed by atoms with Crippen LogP contribution in [0.1, 0.15) is 26.3 Å². The third kappa shape index (κ3) is 2.14. The molecular weight excluding hydrogens is 232 g/mol. The summed E-state index contributed by atoms with van der Waals surface area (Å²) in [4.78, 5) is 8.11. The van der Waals surface area contributed by atoms with Crippen LogP contribution in [0.5, 0.6) is 0 Å². The molecule has 1 aromatic heterocycles. The smallest absolute Gasteiger partial charge is 0.138 e. The van der Waals surface area contributed by atoms with E-state index in [1.165, 1.54) is 11.1 Å². The number of benzene rings is 2. The molecule has 0 fully saturated rings. The van der Waals surface area contributed by atoms with E-state index in [9.17, 15) is 0 Å². The lowest BCUT2D eigenvalue weighted by molar-refractivity contribution is 0.591. The minimum atomic E-state index is 0.107. The number of aromatic amines is 1. The Kier molecular flexibility index (Phi) is 2.67.